The molecule has 84 valence electrons. The summed E-state index contributed by atoms with van der Waals surface area (Å²) in [7, 11) is 2.06. The van der Waals surface area contributed by atoms with Crippen LogP contribution in [0.2, 0.25) is 0 Å². The summed E-state index contributed by atoms with van der Waals surface area (Å²) in [6, 6.07) is 11.3. The van der Waals surface area contributed by atoms with Crippen LogP contribution in [0, 0.1) is 5.92 Å². The highest BCUT2D eigenvalue weighted by Gasteiger charge is 2.17. The van der Waals surface area contributed by atoms with Crippen LogP contribution in [0.25, 0.3) is 0 Å². The van der Waals surface area contributed by atoms with Gasteiger partial charge in [-0.2, -0.15) is 0 Å². The van der Waals surface area contributed by atoms with Crippen LogP contribution in [0.5, 0.6) is 0 Å². The van der Waals surface area contributed by atoms with Crippen molar-refractivity contribution in [2.75, 3.05) is 7.05 Å². The van der Waals surface area contributed by atoms with E-state index in [4.69, 9.17) is 0 Å². The molecule has 0 heterocycles. The molecule has 1 N–H and O–H groups in total. The maximum absolute atomic E-state index is 3.43. The molecule has 1 aromatic rings. The number of benzene rings is 1. The van der Waals surface area contributed by atoms with Gasteiger partial charge in [-0.3, -0.25) is 0 Å². The Morgan fingerprint density at radius 3 is 2.13 bits per heavy atom. The van der Waals surface area contributed by atoms with E-state index in [1.807, 2.05) is 0 Å². The van der Waals surface area contributed by atoms with Crippen LogP contribution >= 0.6 is 0 Å². The van der Waals surface area contributed by atoms with Gasteiger partial charge in [-0.25, -0.2) is 0 Å². The van der Waals surface area contributed by atoms with E-state index in [9.17, 15) is 0 Å². The third-order valence-corrected chi connectivity index (χ3v) is 3.03. The summed E-state index contributed by atoms with van der Waals surface area (Å²) in [5.74, 6) is 1.33. The summed E-state index contributed by atoms with van der Waals surface area (Å²) < 4.78 is 0. The molecule has 1 rings (SSSR count). The number of hydrogen-bond donors (Lipinski definition) is 1. The highest BCUT2D eigenvalue weighted by molar-refractivity contribution is 5.20. The minimum atomic E-state index is 0.576. The minimum Gasteiger partial charge on any atom is -0.316 e. The van der Waals surface area contributed by atoms with Gasteiger partial charge in [-0.15, -0.1) is 0 Å². The summed E-state index contributed by atoms with van der Waals surface area (Å²) >= 11 is 0. The molecule has 0 aromatic heterocycles. The van der Waals surface area contributed by atoms with E-state index in [2.05, 4.69) is 63.5 Å². The van der Waals surface area contributed by atoms with Gasteiger partial charge in [0.2, 0.25) is 0 Å². The molecule has 0 fully saturated rings. The first-order valence-electron chi connectivity index (χ1n) is 5.87. The van der Waals surface area contributed by atoms with Gasteiger partial charge in [-0.1, -0.05) is 51.1 Å². The number of rotatable bonds is 5. The summed E-state index contributed by atoms with van der Waals surface area (Å²) in [5.41, 5.74) is 1.43. The van der Waals surface area contributed by atoms with Gasteiger partial charge in [0, 0.05) is 6.04 Å². The number of likely N-dealkylation sites (N-methyl/N-ethyl adjacent to an activating group) is 1. The highest BCUT2D eigenvalue weighted by atomic mass is 14.9. The van der Waals surface area contributed by atoms with E-state index in [1.165, 1.54) is 12.0 Å². The second-order valence-electron chi connectivity index (χ2n) is 4.72. The molecule has 0 spiro atoms. The van der Waals surface area contributed by atoms with Gasteiger partial charge >= 0.3 is 0 Å². The largest absolute Gasteiger partial charge is 0.316 e. The molecule has 2 atom stereocenters. The lowest BCUT2D eigenvalue weighted by Gasteiger charge is -2.25. The van der Waals surface area contributed by atoms with Gasteiger partial charge in [0.05, 0.1) is 0 Å². The maximum Gasteiger partial charge on any atom is 0.0133 e. The SMILES string of the molecule is CNC(CC(C)C)C(C)c1ccccc1. The van der Waals surface area contributed by atoms with Gasteiger partial charge in [0.25, 0.3) is 0 Å². The van der Waals surface area contributed by atoms with Gasteiger partial charge < -0.3 is 5.32 Å². The molecular weight excluding hydrogens is 182 g/mol. The fraction of sp³-hybridized carbons (Fsp3) is 0.571. The monoisotopic (exact) mass is 205 g/mol. The molecule has 0 aliphatic heterocycles. The average molecular weight is 205 g/mol. The quantitative estimate of drug-likeness (QED) is 0.776. The fourth-order valence-corrected chi connectivity index (χ4v) is 2.07. The Balaban J connectivity index is 2.69. The molecule has 0 bridgehead atoms. The predicted molar refractivity (Wildman–Crippen MR) is 67.2 cm³/mol. The Hall–Kier alpha value is -0.820. The first-order chi connectivity index (χ1) is 7.15. The molecule has 1 heteroatoms. The van der Waals surface area contributed by atoms with Crippen molar-refractivity contribution in [3.63, 3.8) is 0 Å². The van der Waals surface area contributed by atoms with Crippen molar-refractivity contribution < 1.29 is 0 Å². The lowest BCUT2D eigenvalue weighted by atomic mass is 9.88. The van der Waals surface area contributed by atoms with E-state index >= 15 is 0 Å². The second kappa shape index (κ2) is 5.92. The van der Waals surface area contributed by atoms with E-state index in [-0.39, 0.29) is 0 Å². The Morgan fingerprint density at radius 2 is 1.67 bits per heavy atom. The molecule has 2 unspecified atom stereocenters. The van der Waals surface area contributed by atoms with Crippen molar-refractivity contribution in [1.82, 2.24) is 5.32 Å². The molecule has 0 aliphatic rings. The smallest absolute Gasteiger partial charge is 0.0133 e. The van der Waals surface area contributed by atoms with Crippen LogP contribution in [0.1, 0.15) is 38.7 Å². The number of nitrogens with one attached hydrogen (secondary N) is 1. The average Bonchev–Trinajstić information content (AvgIpc) is 2.26. The topological polar surface area (TPSA) is 12.0 Å². The van der Waals surface area contributed by atoms with Crippen molar-refractivity contribution >= 4 is 0 Å². The molecule has 0 amide bonds. The van der Waals surface area contributed by atoms with E-state index in [0.717, 1.165) is 5.92 Å². The van der Waals surface area contributed by atoms with E-state index in [0.29, 0.717) is 12.0 Å². The lowest BCUT2D eigenvalue weighted by molar-refractivity contribution is 0.398. The summed E-state index contributed by atoms with van der Waals surface area (Å²) in [4.78, 5) is 0. The molecule has 0 aliphatic carbocycles. The standard InChI is InChI=1S/C14H23N/c1-11(2)10-14(15-4)12(3)13-8-6-5-7-9-13/h5-9,11-12,14-15H,10H2,1-4H3. The third kappa shape index (κ3) is 3.67. The Labute approximate surface area is 93.9 Å². The molecule has 1 aromatic carbocycles. The van der Waals surface area contributed by atoms with Crippen molar-refractivity contribution in [3.8, 4) is 0 Å². The zero-order chi connectivity index (χ0) is 11.3. The highest BCUT2D eigenvalue weighted by Crippen LogP contribution is 2.22. The van der Waals surface area contributed by atoms with Crippen molar-refractivity contribution in [1.29, 1.82) is 0 Å². The predicted octanol–water partition coefficient (Wildman–Crippen LogP) is 3.42. The molecule has 0 saturated heterocycles. The first-order valence-corrected chi connectivity index (χ1v) is 5.87. The van der Waals surface area contributed by atoms with Crippen molar-refractivity contribution in [3.05, 3.63) is 35.9 Å². The van der Waals surface area contributed by atoms with Crippen molar-refractivity contribution in [2.45, 2.75) is 39.2 Å². The van der Waals surface area contributed by atoms with Crippen LogP contribution in [0.15, 0.2) is 30.3 Å². The Kier molecular flexibility index (Phi) is 4.83. The van der Waals surface area contributed by atoms with Crippen LogP contribution in [-0.2, 0) is 0 Å². The van der Waals surface area contributed by atoms with Crippen LogP contribution < -0.4 is 5.32 Å². The van der Waals surface area contributed by atoms with Crippen LogP contribution in [0.3, 0.4) is 0 Å². The molecule has 1 nitrogen and oxygen atoms in total. The zero-order valence-corrected chi connectivity index (χ0v) is 10.3. The Morgan fingerprint density at radius 1 is 1.07 bits per heavy atom. The maximum atomic E-state index is 3.43. The van der Waals surface area contributed by atoms with E-state index in [1.54, 1.807) is 0 Å². The van der Waals surface area contributed by atoms with Crippen LogP contribution in [-0.4, -0.2) is 13.1 Å². The van der Waals surface area contributed by atoms with E-state index < -0.39 is 0 Å². The third-order valence-electron chi connectivity index (χ3n) is 3.03. The fourth-order valence-electron chi connectivity index (χ4n) is 2.07. The normalized spacial score (nSPS) is 15.3. The van der Waals surface area contributed by atoms with Crippen molar-refractivity contribution in [2.24, 2.45) is 5.92 Å². The van der Waals surface area contributed by atoms with Gasteiger partial charge in [0.1, 0.15) is 0 Å². The lowest BCUT2D eigenvalue weighted by Crippen LogP contribution is -2.32. The molecular formula is C14H23N. The molecule has 0 radical (unpaired) electrons. The Bertz CT molecular complexity index is 266. The first kappa shape index (κ1) is 12.3. The number of hydrogen-bond acceptors (Lipinski definition) is 1. The molecule has 15 heavy (non-hydrogen) atoms. The van der Waals surface area contributed by atoms with Gasteiger partial charge in [0.15, 0.2) is 0 Å². The summed E-state index contributed by atoms with van der Waals surface area (Å²) in [6.07, 6.45) is 1.23. The summed E-state index contributed by atoms with van der Waals surface area (Å²) in [5, 5.41) is 3.43. The second-order valence-corrected chi connectivity index (χ2v) is 4.72. The minimum absolute atomic E-state index is 0.576. The van der Waals surface area contributed by atoms with Gasteiger partial charge in [-0.05, 0) is 30.9 Å². The zero-order valence-electron chi connectivity index (χ0n) is 10.3. The molecule has 0 saturated carbocycles. The summed E-state index contributed by atoms with van der Waals surface area (Å²) in [6.45, 7) is 6.86. The van der Waals surface area contributed by atoms with Crippen LogP contribution in [0.4, 0.5) is 0 Å².